The average Bonchev–Trinajstić information content (AvgIpc) is 1.90. The predicted molar refractivity (Wildman–Crippen MR) is 32.8 cm³/mol. The first-order valence-electron chi connectivity index (χ1n) is 2.78. The van der Waals surface area contributed by atoms with Crippen molar-refractivity contribution in [3.8, 4) is 0 Å². The van der Waals surface area contributed by atoms with E-state index in [0.29, 0.717) is 13.1 Å². The van der Waals surface area contributed by atoms with Crippen LogP contribution in [0.3, 0.4) is 0 Å². The number of nitrogens with zero attached hydrogens (tertiary/aromatic N) is 1. The minimum Gasteiger partial charge on any atom is -0.477 e. The van der Waals surface area contributed by atoms with Gasteiger partial charge in [0.25, 0.3) is 0 Å². The molecule has 1 rings (SSSR count). The van der Waals surface area contributed by atoms with Crippen molar-refractivity contribution in [1.82, 2.24) is 5.32 Å². The van der Waals surface area contributed by atoms with Gasteiger partial charge >= 0.3 is 5.97 Å². The van der Waals surface area contributed by atoms with Crippen molar-refractivity contribution < 1.29 is 9.90 Å². The molecule has 0 amide bonds. The zero-order chi connectivity index (χ0) is 6.69. The monoisotopic (exact) mass is 128 g/mol. The van der Waals surface area contributed by atoms with Crippen molar-refractivity contribution in [2.24, 2.45) is 4.99 Å². The van der Waals surface area contributed by atoms with E-state index in [1.807, 2.05) is 0 Å². The summed E-state index contributed by atoms with van der Waals surface area (Å²) in [5.41, 5.74) is 0.237. The lowest BCUT2D eigenvalue weighted by atomic mass is 10.3. The van der Waals surface area contributed by atoms with E-state index in [9.17, 15) is 4.79 Å². The topological polar surface area (TPSA) is 61.7 Å². The van der Waals surface area contributed by atoms with Crippen LogP contribution in [-0.4, -0.2) is 36.4 Å². The number of nitrogens with one attached hydrogen (secondary N) is 1. The molecule has 0 saturated carbocycles. The number of carbonyl (C=O) groups is 1. The molecule has 1 aliphatic rings. The highest BCUT2D eigenvalue weighted by atomic mass is 16.4. The summed E-state index contributed by atoms with van der Waals surface area (Å²) < 4.78 is 0. The van der Waals surface area contributed by atoms with Gasteiger partial charge in [-0.2, -0.15) is 0 Å². The first-order chi connectivity index (χ1) is 4.30. The maximum absolute atomic E-state index is 10.2. The number of carboxylic acids is 1. The summed E-state index contributed by atoms with van der Waals surface area (Å²) in [5, 5.41) is 11.3. The molecule has 0 aliphatic carbocycles. The highest BCUT2D eigenvalue weighted by Crippen LogP contribution is 1.84. The van der Waals surface area contributed by atoms with Gasteiger partial charge in [-0.1, -0.05) is 0 Å². The SMILES string of the molecule is O=C(O)C1=NCCNC1. The minimum atomic E-state index is -0.915. The van der Waals surface area contributed by atoms with Crippen LogP contribution in [0.5, 0.6) is 0 Å². The van der Waals surface area contributed by atoms with Crippen LogP contribution in [-0.2, 0) is 4.79 Å². The summed E-state index contributed by atoms with van der Waals surface area (Å²) in [4.78, 5) is 14.0. The van der Waals surface area contributed by atoms with Gasteiger partial charge in [0, 0.05) is 13.1 Å². The van der Waals surface area contributed by atoms with Gasteiger partial charge in [0.15, 0.2) is 0 Å². The van der Waals surface area contributed by atoms with E-state index in [1.54, 1.807) is 0 Å². The number of aliphatic carboxylic acids is 1. The second-order valence-corrected chi connectivity index (χ2v) is 1.81. The molecule has 0 aromatic heterocycles. The van der Waals surface area contributed by atoms with E-state index < -0.39 is 5.97 Å². The molecule has 9 heavy (non-hydrogen) atoms. The lowest BCUT2D eigenvalue weighted by Crippen LogP contribution is -2.35. The summed E-state index contributed by atoms with van der Waals surface area (Å²) in [6.45, 7) is 1.77. The number of aliphatic imine (C=N–C) groups is 1. The van der Waals surface area contributed by atoms with Gasteiger partial charge in [0.1, 0.15) is 5.71 Å². The van der Waals surface area contributed by atoms with Crippen molar-refractivity contribution in [2.75, 3.05) is 19.6 Å². The van der Waals surface area contributed by atoms with Gasteiger partial charge in [-0.25, -0.2) is 4.79 Å². The Morgan fingerprint density at radius 1 is 1.78 bits per heavy atom. The normalized spacial score (nSPS) is 18.9. The summed E-state index contributed by atoms with van der Waals surface area (Å²) >= 11 is 0. The van der Waals surface area contributed by atoms with Crippen LogP contribution in [0.25, 0.3) is 0 Å². The summed E-state index contributed by atoms with van der Waals surface area (Å²) in [5.74, 6) is -0.915. The van der Waals surface area contributed by atoms with Crippen molar-refractivity contribution in [3.05, 3.63) is 0 Å². The first kappa shape index (κ1) is 6.22. The minimum absolute atomic E-state index is 0.237. The molecule has 0 unspecified atom stereocenters. The Balaban J connectivity index is 2.57. The molecular weight excluding hydrogens is 120 g/mol. The third kappa shape index (κ3) is 1.50. The zero-order valence-electron chi connectivity index (χ0n) is 4.92. The van der Waals surface area contributed by atoms with Gasteiger partial charge < -0.3 is 10.4 Å². The third-order valence-corrected chi connectivity index (χ3v) is 1.13. The quantitative estimate of drug-likeness (QED) is 0.482. The maximum atomic E-state index is 10.2. The largest absolute Gasteiger partial charge is 0.477 e. The molecule has 4 heteroatoms. The predicted octanol–water partition coefficient (Wildman–Crippen LogP) is -0.885. The number of rotatable bonds is 1. The standard InChI is InChI=1S/C5H8N2O2/c8-5(9)4-3-6-1-2-7-4/h6H,1-3H2,(H,8,9). The summed E-state index contributed by atoms with van der Waals surface area (Å²) in [6, 6.07) is 0. The second-order valence-electron chi connectivity index (χ2n) is 1.81. The van der Waals surface area contributed by atoms with Gasteiger partial charge in [0.05, 0.1) is 6.54 Å². The fourth-order valence-corrected chi connectivity index (χ4v) is 0.676. The van der Waals surface area contributed by atoms with Crippen molar-refractivity contribution >= 4 is 11.7 Å². The Bertz CT molecular complexity index is 153. The van der Waals surface area contributed by atoms with Crippen LogP contribution in [0.1, 0.15) is 0 Å². The van der Waals surface area contributed by atoms with Crippen molar-refractivity contribution in [1.29, 1.82) is 0 Å². The fraction of sp³-hybridized carbons (Fsp3) is 0.600. The molecular formula is C5H8N2O2. The van der Waals surface area contributed by atoms with E-state index in [1.165, 1.54) is 0 Å². The molecule has 0 aromatic rings. The molecule has 0 radical (unpaired) electrons. The Hall–Kier alpha value is -0.900. The van der Waals surface area contributed by atoms with Crippen LogP contribution in [0.4, 0.5) is 0 Å². The molecule has 0 saturated heterocycles. The Morgan fingerprint density at radius 2 is 2.56 bits per heavy atom. The first-order valence-corrected chi connectivity index (χ1v) is 2.78. The van der Waals surface area contributed by atoms with E-state index >= 15 is 0 Å². The molecule has 0 bridgehead atoms. The lowest BCUT2D eigenvalue weighted by molar-refractivity contribution is -0.129. The average molecular weight is 128 g/mol. The molecule has 0 atom stereocenters. The molecule has 50 valence electrons. The Kier molecular flexibility index (Phi) is 1.79. The molecule has 2 N–H and O–H groups in total. The third-order valence-electron chi connectivity index (χ3n) is 1.13. The van der Waals surface area contributed by atoms with E-state index in [4.69, 9.17) is 5.11 Å². The maximum Gasteiger partial charge on any atom is 0.351 e. The Labute approximate surface area is 52.6 Å². The summed E-state index contributed by atoms with van der Waals surface area (Å²) in [6.07, 6.45) is 0. The van der Waals surface area contributed by atoms with E-state index in [0.717, 1.165) is 6.54 Å². The van der Waals surface area contributed by atoms with E-state index in [-0.39, 0.29) is 5.71 Å². The number of carboxylic acid groups (broad SMARTS) is 1. The van der Waals surface area contributed by atoms with Gasteiger partial charge in [-0.3, -0.25) is 4.99 Å². The van der Waals surface area contributed by atoms with Crippen molar-refractivity contribution in [3.63, 3.8) is 0 Å². The van der Waals surface area contributed by atoms with Gasteiger partial charge in [-0.05, 0) is 0 Å². The highest BCUT2D eigenvalue weighted by molar-refractivity contribution is 6.36. The molecule has 4 nitrogen and oxygen atoms in total. The molecule has 0 fully saturated rings. The second kappa shape index (κ2) is 2.59. The van der Waals surface area contributed by atoms with Crippen LogP contribution < -0.4 is 5.32 Å². The lowest BCUT2D eigenvalue weighted by Gasteiger charge is -2.08. The van der Waals surface area contributed by atoms with Crippen LogP contribution in [0.15, 0.2) is 4.99 Å². The van der Waals surface area contributed by atoms with Gasteiger partial charge in [0.2, 0.25) is 0 Å². The molecule has 0 aromatic carbocycles. The van der Waals surface area contributed by atoms with Crippen LogP contribution >= 0.6 is 0 Å². The van der Waals surface area contributed by atoms with E-state index in [2.05, 4.69) is 10.3 Å². The van der Waals surface area contributed by atoms with Crippen molar-refractivity contribution in [2.45, 2.75) is 0 Å². The molecule has 1 aliphatic heterocycles. The number of hydrogen-bond donors (Lipinski definition) is 2. The summed E-state index contributed by atoms with van der Waals surface area (Å²) in [7, 11) is 0. The number of hydrogen-bond acceptors (Lipinski definition) is 3. The Morgan fingerprint density at radius 3 is 2.89 bits per heavy atom. The smallest absolute Gasteiger partial charge is 0.351 e. The fourth-order valence-electron chi connectivity index (χ4n) is 0.676. The van der Waals surface area contributed by atoms with Gasteiger partial charge in [-0.15, -0.1) is 0 Å². The molecule has 1 heterocycles. The van der Waals surface area contributed by atoms with Crippen LogP contribution in [0, 0.1) is 0 Å². The van der Waals surface area contributed by atoms with Crippen LogP contribution in [0.2, 0.25) is 0 Å². The molecule has 0 spiro atoms. The highest BCUT2D eigenvalue weighted by Gasteiger charge is 2.10. The zero-order valence-corrected chi connectivity index (χ0v) is 4.92.